The van der Waals surface area contributed by atoms with Gasteiger partial charge in [-0.1, -0.05) is 44.2 Å². The summed E-state index contributed by atoms with van der Waals surface area (Å²) in [5.74, 6) is 0.539. The first-order valence-electron chi connectivity index (χ1n) is 7.19. The Morgan fingerprint density at radius 3 is 2.67 bits per heavy atom. The predicted molar refractivity (Wildman–Crippen MR) is 85.2 cm³/mol. The van der Waals surface area contributed by atoms with Gasteiger partial charge in [0, 0.05) is 17.8 Å². The third-order valence-corrected chi connectivity index (χ3v) is 3.46. The largest absolute Gasteiger partial charge is 0.384 e. The van der Waals surface area contributed by atoms with Crippen LogP contribution >= 0.6 is 0 Å². The van der Waals surface area contributed by atoms with Crippen molar-refractivity contribution in [3.05, 3.63) is 59.3 Å². The Bertz CT molecular complexity index is 611. The third kappa shape index (κ3) is 4.05. The minimum Gasteiger partial charge on any atom is -0.384 e. The van der Waals surface area contributed by atoms with E-state index >= 15 is 0 Å². The van der Waals surface area contributed by atoms with Crippen LogP contribution in [0.3, 0.4) is 0 Å². The average Bonchev–Trinajstić information content (AvgIpc) is 2.52. The second-order valence-corrected chi connectivity index (χ2v) is 5.15. The maximum atomic E-state index is 12.2. The summed E-state index contributed by atoms with van der Waals surface area (Å²) in [6, 6.07) is 13.5. The molecular formula is C17H21N3O. The zero-order valence-corrected chi connectivity index (χ0v) is 12.5. The van der Waals surface area contributed by atoms with E-state index < -0.39 is 0 Å². The number of anilines is 1. The Hall–Kier alpha value is -2.36. The van der Waals surface area contributed by atoms with Crippen LogP contribution in [0.4, 0.5) is 5.82 Å². The number of rotatable bonds is 5. The molecule has 0 aliphatic carbocycles. The molecule has 2 rings (SSSR count). The molecule has 4 nitrogen and oxygen atoms in total. The van der Waals surface area contributed by atoms with Gasteiger partial charge in [0.05, 0.1) is 0 Å². The molecule has 110 valence electrons. The van der Waals surface area contributed by atoms with Crippen molar-refractivity contribution in [3.63, 3.8) is 0 Å². The van der Waals surface area contributed by atoms with Gasteiger partial charge >= 0.3 is 0 Å². The maximum Gasteiger partial charge on any atom is 0.251 e. The Kier molecular flexibility index (Phi) is 4.93. The number of pyridine rings is 1. The van der Waals surface area contributed by atoms with Crippen molar-refractivity contribution in [3.8, 4) is 0 Å². The van der Waals surface area contributed by atoms with Gasteiger partial charge in [-0.15, -0.1) is 0 Å². The SMILES string of the molecule is CCc1cc(C(=O)NCC(C)c2ccccc2)cc(N)n1. The lowest BCUT2D eigenvalue weighted by atomic mass is 10.0. The number of nitrogens with zero attached hydrogens (tertiary/aromatic N) is 1. The molecule has 0 aliphatic heterocycles. The molecule has 0 bridgehead atoms. The summed E-state index contributed by atoms with van der Waals surface area (Å²) in [6.45, 7) is 4.67. The number of nitrogens with one attached hydrogen (secondary N) is 1. The summed E-state index contributed by atoms with van der Waals surface area (Å²) < 4.78 is 0. The highest BCUT2D eigenvalue weighted by atomic mass is 16.1. The molecule has 21 heavy (non-hydrogen) atoms. The molecule has 0 saturated carbocycles. The van der Waals surface area contributed by atoms with Crippen molar-refractivity contribution in [1.29, 1.82) is 0 Å². The van der Waals surface area contributed by atoms with Gasteiger partial charge in [0.25, 0.3) is 5.91 Å². The third-order valence-electron chi connectivity index (χ3n) is 3.46. The molecule has 0 aliphatic rings. The first kappa shape index (κ1) is 15.0. The Morgan fingerprint density at radius 2 is 2.00 bits per heavy atom. The van der Waals surface area contributed by atoms with Crippen molar-refractivity contribution in [2.75, 3.05) is 12.3 Å². The van der Waals surface area contributed by atoms with Crippen LogP contribution in [0.15, 0.2) is 42.5 Å². The van der Waals surface area contributed by atoms with Crippen LogP contribution in [0.25, 0.3) is 0 Å². The Balaban J connectivity index is 2.00. The fourth-order valence-electron chi connectivity index (χ4n) is 2.17. The van der Waals surface area contributed by atoms with E-state index in [0.29, 0.717) is 17.9 Å². The number of hydrogen-bond acceptors (Lipinski definition) is 3. The maximum absolute atomic E-state index is 12.2. The first-order chi connectivity index (χ1) is 10.1. The number of hydrogen-bond donors (Lipinski definition) is 2. The number of amides is 1. The van der Waals surface area contributed by atoms with Gasteiger partial charge in [0.2, 0.25) is 0 Å². The molecule has 4 heteroatoms. The summed E-state index contributed by atoms with van der Waals surface area (Å²) in [7, 11) is 0. The van der Waals surface area contributed by atoms with Crippen LogP contribution < -0.4 is 11.1 Å². The van der Waals surface area contributed by atoms with E-state index in [2.05, 4.69) is 29.4 Å². The molecule has 0 spiro atoms. The highest BCUT2D eigenvalue weighted by Gasteiger charge is 2.11. The van der Waals surface area contributed by atoms with Crippen LogP contribution in [0.1, 0.15) is 41.4 Å². The van der Waals surface area contributed by atoms with Crippen molar-refractivity contribution in [2.24, 2.45) is 0 Å². The fourth-order valence-corrected chi connectivity index (χ4v) is 2.17. The Morgan fingerprint density at radius 1 is 1.29 bits per heavy atom. The predicted octanol–water partition coefficient (Wildman–Crippen LogP) is 2.76. The van der Waals surface area contributed by atoms with Gasteiger partial charge in [0.15, 0.2) is 0 Å². The quantitative estimate of drug-likeness (QED) is 0.886. The fraction of sp³-hybridized carbons (Fsp3) is 0.294. The van der Waals surface area contributed by atoms with Gasteiger partial charge in [-0.3, -0.25) is 4.79 Å². The van der Waals surface area contributed by atoms with E-state index in [1.54, 1.807) is 12.1 Å². The summed E-state index contributed by atoms with van der Waals surface area (Å²) in [5, 5.41) is 2.95. The van der Waals surface area contributed by atoms with E-state index in [4.69, 9.17) is 5.73 Å². The highest BCUT2D eigenvalue weighted by molar-refractivity contribution is 5.94. The lowest BCUT2D eigenvalue weighted by Gasteiger charge is -2.13. The van der Waals surface area contributed by atoms with Crippen LogP contribution in [0.5, 0.6) is 0 Å². The van der Waals surface area contributed by atoms with Gasteiger partial charge in [0.1, 0.15) is 5.82 Å². The molecular weight excluding hydrogens is 262 g/mol. The second kappa shape index (κ2) is 6.88. The average molecular weight is 283 g/mol. The number of aromatic nitrogens is 1. The number of nitrogens with two attached hydrogens (primary N) is 1. The molecule has 1 unspecified atom stereocenters. The molecule has 0 saturated heterocycles. The van der Waals surface area contributed by atoms with Crippen molar-refractivity contribution >= 4 is 11.7 Å². The summed E-state index contributed by atoms with van der Waals surface area (Å²) >= 11 is 0. The van der Waals surface area contributed by atoms with E-state index in [0.717, 1.165) is 12.1 Å². The van der Waals surface area contributed by atoms with E-state index in [1.807, 2.05) is 25.1 Å². The summed E-state index contributed by atoms with van der Waals surface area (Å²) in [4.78, 5) is 16.4. The van der Waals surface area contributed by atoms with Gasteiger partial charge < -0.3 is 11.1 Å². The van der Waals surface area contributed by atoms with Gasteiger partial charge in [-0.2, -0.15) is 0 Å². The smallest absolute Gasteiger partial charge is 0.251 e. The number of carbonyl (C=O) groups excluding carboxylic acids is 1. The minimum absolute atomic E-state index is 0.110. The monoisotopic (exact) mass is 283 g/mol. The van der Waals surface area contributed by atoms with Crippen molar-refractivity contribution in [1.82, 2.24) is 10.3 Å². The second-order valence-electron chi connectivity index (χ2n) is 5.15. The van der Waals surface area contributed by atoms with Crippen molar-refractivity contribution in [2.45, 2.75) is 26.2 Å². The summed E-state index contributed by atoms with van der Waals surface area (Å²) in [6.07, 6.45) is 0.756. The van der Waals surface area contributed by atoms with Crippen LogP contribution in [0, 0.1) is 0 Å². The standard InChI is InChI=1S/C17H21N3O/c1-3-15-9-14(10-16(18)20-15)17(21)19-11-12(2)13-7-5-4-6-8-13/h4-10,12H,3,11H2,1-2H3,(H2,18,20)(H,19,21). The first-order valence-corrected chi connectivity index (χ1v) is 7.19. The summed E-state index contributed by atoms with van der Waals surface area (Å²) in [5.41, 5.74) is 8.34. The van der Waals surface area contributed by atoms with Crippen LogP contribution in [-0.4, -0.2) is 17.4 Å². The minimum atomic E-state index is -0.110. The normalized spacial score (nSPS) is 11.9. The number of aryl methyl sites for hydroxylation is 1. The highest BCUT2D eigenvalue weighted by Crippen LogP contribution is 2.14. The number of nitrogen functional groups attached to an aromatic ring is 1. The zero-order chi connectivity index (χ0) is 15.2. The lowest BCUT2D eigenvalue weighted by Crippen LogP contribution is -2.27. The molecule has 1 aromatic heterocycles. The Labute approximate surface area is 125 Å². The molecule has 1 aromatic carbocycles. The van der Waals surface area contributed by atoms with Crippen molar-refractivity contribution < 1.29 is 4.79 Å². The van der Waals surface area contributed by atoms with E-state index in [9.17, 15) is 4.79 Å². The molecule has 0 radical (unpaired) electrons. The molecule has 3 N–H and O–H groups in total. The van der Waals surface area contributed by atoms with Gasteiger partial charge in [-0.25, -0.2) is 4.98 Å². The number of carbonyl (C=O) groups is 1. The zero-order valence-electron chi connectivity index (χ0n) is 12.5. The van der Waals surface area contributed by atoms with E-state index in [1.165, 1.54) is 5.56 Å². The molecule has 1 amide bonds. The lowest BCUT2D eigenvalue weighted by molar-refractivity contribution is 0.0951. The molecule has 0 fully saturated rings. The van der Waals surface area contributed by atoms with Crippen LogP contribution in [-0.2, 0) is 6.42 Å². The molecule has 1 heterocycles. The number of benzene rings is 1. The van der Waals surface area contributed by atoms with Gasteiger partial charge in [-0.05, 0) is 30.0 Å². The topological polar surface area (TPSA) is 68.0 Å². The van der Waals surface area contributed by atoms with Crippen LogP contribution in [0.2, 0.25) is 0 Å². The molecule has 2 aromatic rings. The molecule has 1 atom stereocenters. The van der Waals surface area contributed by atoms with E-state index in [-0.39, 0.29) is 11.8 Å².